The van der Waals surface area contributed by atoms with Crippen LogP contribution in [0.5, 0.6) is 0 Å². The van der Waals surface area contributed by atoms with E-state index in [9.17, 15) is 9.18 Å². The smallest absolute Gasteiger partial charge is 0.272 e. The molecule has 0 radical (unpaired) electrons. The van der Waals surface area contributed by atoms with Crippen LogP contribution < -0.4 is 10.9 Å². The summed E-state index contributed by atoms with van der Waals surface area (Å²) in [5.41, 5.74) is 8.59. The summed E-state index contributed by atoms with van der Waals surface area (Å²) in [4.78, 5) is 23.3. The predicted molar refractivity (Wildman–Crippen MR) is 106 cm³/mol. The van der Waals surface area contributed by atoms with Crippen LogP contribution in [0, 0.1) is 11.7 Å². The normalized spacial score (nSPS) is 19.2. The van der Waals surface area contributed by atoms with Crippen LogP contribution in [-0.4, -0.2) is 50.5 Å². The molecule has 1 aliphatic rings. The number of halogens is 1. The molecule has 0 spiro atoms. The number of hydrogen-bond acceptors (Lipinski definition) is 6. The second-order valence-electron chi connectivity index (χ2n) is 7.69. The molecular formula is C20H24FN7O. The van der Waals surface area contributed by atoms with Crippen molar-refractivity contribution in [2.45, 2.75) is 25.8 Å². The van der Waals surface area contributed by atoms with Crippen molar-refractivity contribution >= 4 is 11.7 Å². The molecule has 0 aliphatic carbocycles. The minimum atomic E-state index is -0.264. The van der Waals surface area contributed by atoms with Crippen molar-refractivity contribution in [2.24, 2.45) is 5.92 Å². The Morgan fingerprint density at radius 1 is 1.34 bits per heavy atom. The second-order valence-corrected chi connectivity index (χ2v) is 7.69. The predicted octanol–water partition coefficient (Wildman–Crippen LogP) is 1.92. The molecule has 2 aromatic heterocycles. The minimum Gasteiger partial charge on any atom is -0.340 e. The molecule has 1 amide bonds. The van der Waals surface area contributed by atoms with Crippen molar-refractivity contribution in [3.8, 4) is 0 Å². The van der Waals surface area contributed by atoms with Crippen molar-refractivity contribution in [3.05, 3.63) is 59.4 Å². The Morgan fingerprint density at radius 3 is 2.83 bits per heavy atom. The molecule has 0 saturated carbocycles. The summed E-state index contributed by atoms with van der Waals surface area (Å²) >= 11 is 0. The maximum Gasteiger partial charge on any atom is 0.272 e. The lowest BCUT2D eigenvalue weighted by Crippen LogP contribution is -2.35. The fraction of sp³-hybridized carbons (Fsp3) is 0.400. The monoisotopic (exact) mass is 397 g/mol. The largest absolute Gasteiger partial charge is 0.340 e. The Kier molecular flexibility index (Phi) is 5.25. The summed E-state index contributed by atoms with van der Waals surface area (Å²) in [5.74, 6) is 0.295. The molecule has 1 aliphatic heterocycles. The van der Waals surface area contributed by atoms with E-state index in [1.54, 1.807) is 34.7 Å². The van der Waals surface area contributed by atoms with Crippen molar-refractivity contribution in [3.63, 3.8) is 0 Å². The van der Waals surface area contributed by atoms with Gasteiger partial charge in [0.1, 0.15) is 17.8 Å². The van der Waals surface area contributed by atoms with E-state index in [0.717, 1.165) is 11.3 Å². The van der Waals surface area contributed by atoms with Crippen molar-refractivity contribution in [2.75, 3.05) is 20.1 Å². The van der Waals surface area contributed by atoms with Crippen LogP contribution in [0.2, 0.25) is 0 Å². The molecule has 2 unspecified atom stereocenters. The summed E-state index contributed by atoms with van der Waals surface area (Å²) in [6.07, 6.45) is 1.44. The number of fused-ring (bicyclic) bond motifs is 1. The van der Waals surface area contributed by atoms with Gasteiger partial charge in [0, 0.05) is 26.1 Å². The van der Waals surface area contributed by atoms with Gasteiger partial charge in [-0.25, -0.2) is 19.3 Å². The third-order valence-corrected chi connectivity index (χ3v) is 5.27. The Hall–Kier alpha value is -2.91. The van der Waals surface area contributed by atoms with Gasteiger partial charge in [0.2, 0.25) is 0 Å². The highest BCUT2D eigenvalue weighted by atomic mass is 19.1. The standard InChI is InChI=1S/C20H24FN7O/c1-12(2)17-8-16(25-20-22-11-24-28(17)20)19(29)27(3)10-14-9-23-26-18(14)13-4-6-15(21)7-5-13/h4-8,11-12,14,18,23,26H,9-10H2,1-3H3. The molecular weight excluding hydrogens is 373 g/mol. The van der Waals surface area contributed by atoms with E-state index in [1.165, 1.54) is 18.5 Å². The number of hydrazine groups is 1. The first-order valence-electron chi connectivity index (χ1n) is 9.64. The van der Waals surface area contributed by atoms with Gasteiger partial charge in [0.15, 0.2) is 0 Å². The molecule has 1 fully saturated rings. The molecule has 8 nitrogen and oxygen atoms in total. The van der Waals surface area contributed by atoms with Gasteiger partial charge in [-0.05, 0) is 29.7 Å². The van der Waals surface area contributed by atoms with Gasteiger partial charge in [-0.1, -0.05) is 26.0 Å². The Bertz CT molecular complexity index is 1020. The van der Waals surface area contributed by atoms with Gasteiger partial charge < -0.3 is 4.90 Å². The summed E-state index contributed by atoms with van der Waals surface area (Å²) in [5, 5.41) is 4.19. The number of benzene rings is 1. The van der Waals surface area contributed by atoms with Gasteiger partial charge >= 0.3 is 0 Å². The van der Waals surface area contributed by atoms with Crippen LogP contribution in [0.4, 0.5) is 4.39 Å². The lowest BCUT2D eigenvalue weighted by Gasteiger charge is -2.25. The van der Waals surface area contributed by atoms with Crippen LogP contribution in [0.3, 0.4) is 0 Å². The summed E-state index contributed by atoms with van der Waals surface area (Å²) in [6.45, 7) is 5.31. The van der Waals surface area contributed by atoms with Gasteiger partial charge in [0.05, 0.1) is 11.7 Å². The van der Waals surface area contributed by atoms with E-state index < -0.39 is 0 Å². The molecule has 9 heteroatoms. The Morgan fingerprint density at radius 2 is 2.10 bits per heavy atom. The Labute approximate surface area is 168 Å². The molecule has 152 valence electrons. The highest BCUT2D eigenvalue weighted by Gasteiger charge is 2.31. The first kappa shape index (κ1) is 19.4. The SMILES string of the molecule is CC(C)c1cc(C(=O)N(C)CC2CNNC2c2ccc(F)cc2)nc2ncnn12. The van der Waals surface area contributed by atoms with E-state index in [2.05, 4.69) is 25.9 Å². The number of hydrogen-bond donors (Lipinski definition) is 2. The van der Waals surface area contributed by atoms with Crippen molar-refractivity contribution in [1.29, 1.82) is 0 Å². The second kappa shape index (κ2) is 7.84. The van der Waals surface area contributed by atoms with Crippen LogP contribution in [0.25, 0.3) is 5.78 Å². The van der Waals surface area contributed by atoms with E-state index in [0.29, 0.717) is 24.6 Å². The first-order chi connectivity index (χ1) is 13.9. The van der Waals surface area contributed by atoms with E-state index in [1.807, 2.05) is 13.8 Å². The molecule has 3 aromatic rings. The number of nitrogens with zero attached hydrogens (tertiary/aromatic N) is 5. The number of carbonyl (C=O) groups excluding carboxylic acids is 1. The van der Waals surface area contributed by atoms with E-state index in [4.69, 9.17) is 0 Å². The van der Waals surface area contributed by atoms with Crippen LogP contribution in [0.15, 0.2) is 36.7 Å². The van der Waals surface area contributed by atoms with Gasteiger partial charge in [-0.3, -0.25) is 10.2 Å². The third-order valence-electron chi connectivity index (χ3n) is 5.27. The average Bonchev–Trinajstić information content (AvgIpc) is 3.36. The van der Waals surface area contributed by atoms with Crippen molar-refractivity contribution in [1.82, 2.24) is 35.3 Å². The zero-order chi connectivity index (χ0) is 20.5. The summed E-state index contributed by atoms with van der Waals surface area (Å²) < 4.78 is 14.9. The maximum absolute atomic E-state index is 13.2. The van der Waals surface area contributed by atoms with Crippen LogP contribution in [-0.2, 0) is 0 Å². The molecule has 2 atom stereocenters. The number of rotatable bonds is 5. The number of nitrogens with one attached hydrogen (secondary N) is 2. The molecule has 3 heterocycles. The fourth-order valence-electron chi connectivity index (χ4n) is 3.72. The first-order valence-corrected chi connectivity index (χ1v) is 9.64. The highest BCUT2D eigenvalue weighted by Crippen LogP contribution is 2.26. The number of carbonyl (C=O) groups is 1. The van der Waals surface area contributed by atoms with Crippen LogP contribution in [0.1, 0.15) is 47.6 Å². The molecule has 2 N–H and O–H groups in total. The fourth-order valence-corrected chi connectivity index (χ4v) is 3.72. The molecule has 0 bridgehead atoms. The van der Waals surface area contributed by atoms with Gasteiger partial charge in [-0.15, -0.1) is 0 Å². The number of amides is 1. The topological polar surface area (TPSA) is 87.5 Å². The maximum atomic E-state index is 13.2. The highest BCUT2D eigenvalue weighted by molar-refractivity contribution is 5.92. The molecule has 1 saturated heterocycles. The zero-order valence-electron chi connectivity index (χ0n) is 16.6. The molecule has 4 rings (SSSR count). The van der Waals surface area contributed by atoms with E-state index in [-0.39, 0.29) is 29.6 Å². The summed E-state index contributed by atoms with van der Waals surface area (Å²) in [6, 6.07) is 8.21. The van der Waals surface area contributed by atoms with E-state index >= 15 is 0 Å². The minimum absolute atomic E-state index is 0.0102. The van der Waals surface area contributed by atoms with Crippen molar-refractivity contribution < 1.29 is 9.18 Å². The van der Waals surface area contributed by atoms with Crippen LogP contribution >= 0.6 is 0 Å². The molecule has 1 aromatic carbocycles. The summed E-state index contributed by atoms with van der Waals surface area (Å²) in [7, 11) is 1.77. The van der Waals surface area contributed by atoms with Gasteiger partial charge in [-0.2, -0.15) is 10.1 Å². The third kappa shape index (κ3) is 3.83. The lowest BCUT2D eigenvalue weighted by molar-refractivity contribution is 0.0765. The average molecular weight is 397 g/mol. The van der Waals surface area contributed by atoms with Gasteiger partial charge in [0.25, 0.3) is 11.7 Å². The Balaban J connectivity index is 1.53. The lowest BCUT2D eigenvalue weighted by atomic mass is 9.94. The zero-order valence-corrected chi connectivity index (χ0v) is 16.6. The number of aromatic nitrogens is 4. The molecule has 29 heavy (non-hydrogen) atoms. The quantitative estimate of drug-likeness (QED) is 0.684.